The molecular weight excluding hydrogens is 662 g/mol. The third kappa shape index (κ3) is 12.2. The van der Waals surface area contributed by atoms with Crippen molar-refractivity contribution < 1.29 is 29.4 Å². The minimum absolute atomic E-state index is 0.0299. The summed E-state index contributed by atoms with van der Waals surface area (Å²) in [6, 6.07) is 12.4. The summed E-state index contributed by atoms with van der Waals surface area (Å²) >= 11 is 0. The number of amides is 5. The van der Waals surface area contributed by atoms with Crippen LogP contribution >= 0.6 is 0 Å². The third-order valence-corrected chi connectivity index (χ3v) is 10.0. The summed E-state index contributed by atoms with van der Waals surface area (Å²) < 4.78 is 0. The van der Waals surface area contributed by atoms with E-state index in [0.717, 1.165) is 29.8 Å². The van der Waals surface area contributed by atoms with E-state index in [-0.39, 0.29) is 30.3 Å². The van der Waals surface area contributed by atoms with E-state index in [0.29, 0.717) is 39.0 Å². The first kappa shape index (κ1) is 42.2. The first-order valence-electron chi connectivity index (χ1n) is 18.6. The van der Waals surface area contributed by atoms with Crippen LogP contribution in [0.25, 0.3) is 0 Å². The predicted molar refractivity (Wildman–Crippen MR) is 201 cm³/mol. The van der Waals surface area contributed by atoms with Gasteiger partial charge in [-0.1, -0.05) is 104 Å². The van der Waals surface area contributed by atoms with Crippen LogP contribution in [0.15, 0.2) is 48.5 Å². The molecular formula is C39H61N7O6. The molecule has 13 heteroatoms. The van der Waals surface area contributed by atoms with Crippen LogP contribution < -0.4 is 16.1 Å². The number of benzene rings is 1. The van der Waals surface area contributed by atoms with Crippen LogP contribution in [0.5, 0.6) is 0 Å². The Morgan fingerprint density at radius 2 is 1.60 bits per heavy atom. The lowest BCUT2D eigenvalue weighted by atomic mass is 9.86. The number of hydrogen-bond acceptors (Lipinski definition) is 7. The molecule has 1 saturated heterocycles. The van der Waals surface area contributed by atoms with Gasteiger partial charge < -0.3 is 30.6 Å². The summed E-state index contributed by atoms with van der Waals surface area (Å²) in [4.78, 5) is 61.2. The lowest BCUT2D eigenvalue weighted by Gasteiger charge is -2.36. The van der Waals surface area contributed by atoms with Gasteiger partial charge in [0.25, 0.3) is 5.91 Å². The van der Waals surface area contributed by atoms with Crippen molar-refractivity contribution in [2.75, 3.05) is 26.2 Å². The minimum atomic E-state index is -1.31. The van der Waals surface area contributed by atoms with Gasteiger partial charge in [0.2, 0.25) is 5.91 Å². The molecule has 2 heterocycles. The summed E-state index contributed by atoms with van der Waals surface area (Å²) in [5.74, 6) is -0.875. The number of aromatic nitrogens is 1. The van der Waals surface area contributed by atoms with Gasteiger partial charge in [0, 0.05) is 31.9 Å². The second-order valence-corrected chi connectivity index (χ2v) is 15.2. The van der Waals surface area contributed by atoms with E-state index in [4.69, 9.17) is 0 Å². The van der Waals surface area contributed by atoms with Gasteiger partial charge in [0.1, 0.15) is 12.1 Å². The fourth-order valence-corrected chi connectivity index (χ4v) is 6.64. The Morgan fingerprint density at radius 1 is 0.923 bits per heavy atom. The molecule has 288 valence electrons. The molecule has 1 aliphatic rings. The number of urea groups is 1. The highest BCUT2D eigenvalue weighted by Gasteiger charge is 2.41. The molecule has 5 N–H and O–H groups in total. The highest BCUT2D eigenvalue weighted by atomic mass is 16.4. The number of aliphatic hydroxyl groups is 1. The van der Waals surface area contributed by atoms with Gasteiger partial charge in [-0.25, -0.2) is 14.6 Å². The van der Waals surface area contributed by atoms with Gasteiger partial charge >= 0.3 is 12.1 Å². The standard InChI is InChI=1S/C39H61N7O6/c1-9-26(4)33(46-21-20-44(38(46)52)24-30-19-15-16-27(5)40-30)35(48)41-31(22-29-17-13-12-14-18-29)32(47)25-45(23-28(10-2)11-3)43-36(49)34(39(6,7)8)42-37(50)51/h12-19,26,28,31-34,42,47H,9-11,20-25H2,1-8H3,(H,41,48)(H,43,49)(H,50,51)/t26-,31-,32-,33-,34+/m0/s1. The number of carboxylic acid groups (broad SMARTS) is 1. The van der Waals surface area contributed by atoms with E-state index in [2.05, 4.69) is 34.9 Å². The van der Waals surface area contributed by atoms with Crippen LogP contribution in [0.1, 0.15) is 84.7 Å². The van der Waals surface area contributed by atoms with Gasteiger partial charge in [0.05, 0.1) is 24.4 Å². The van der Waals surface area contributed by atoms with Crippen LogP contribution in [-0.4, -0.2) is 104 Å². The molecule has 0 bridgehead atoms. The number of carbonyl (C=O) groups excluding carboxylic acids is 3. The molecule has 5 atom stereocenters. The van der Waals surface area contributed by atoms with E-state index >= 15 is 0 Å². The normalized spacial score (nSPS) is 16.4. The Balaban J connectivity index is 1.89. The maximum atomic E-state index is 14.3. The molecule has 1 aromatic carbocycles. The Labute approximate surface area is 309 Å². The molecule has 0 unspecified atom stereocenters. The number of hydrazine groups is 1. The van der Waals surface area contributed by atoms with Crippen molar-refractivity contribution in [1.29, 1.82) is 0 Å². The summed E-state index contributed by atoms with van der Waals surface area (Å²) in [6.07, 6.45) is 0.164. The van der Waals surface area contributed by atoms with Crippen LogP contribution in [0, 0.1) is 24.2 Å². The fraction of sp³-hybridized carbons (Fsp3) is 0.615. The number of carbonyl (C=O) groups is 4. The molecule has 3 rings (SSSR count). The Morgan fingerprint density at radius 3 is 2.17 bits per heavy atom. The van der Waals surface area contributed by atoms with Crippen molar-refractivity contribution in [3.05, 3.63) is 65.5 Å². The smallest absolute Gasteiger partial charge is 0.405 e. The second-order valence-electron chi connectivity index (χ2n) is 15.2. The second kappa shape index (κ2) is 19.6. The van der Waals surface area contributed by atoms with Crippen molar-refractivity contribution in [2.45, 2.75) is 112 Å². The van der Waals surface area contributed by atoms with Crippen molar-refractivity contribution >= 4 is 23.9 Å². The number of pyridine rings is 1. The third-order valence-electron chi connectivity index (χ3n) is 10.0. The number of rotatable bonds is 19. The summed E-state index contributed by atoms with van der Waals surface area (Å²) in [6.45, 7) is 16.8. The van der Waals surface area contributed by atoms with Crippen LogP contribution in [0.3, 0.4) is 0 Å². The zero-order valence-corrected chi connectivity index (χ0v) is 32.3. The summed E-state index contributed by atoms with van der Waals surface area (Å²) in [5.41, 5.74) is 4.71. The number of hydrogen-bond donors (Lipinski definition) is 5. The first-order valence-corrected chi connectivity index (χ1v) is 18.6. The fourth-order valence-electron chi connectivity index (χ4n) is 6.64. The molecule has 13 nitrogen and oxygen atoms in total. The van der Waals surface area contributed by atoms with E-state index in [1.807, 2.05) is 69.3 Å². The number of aliphatic hydroxyl groups excluding tert-OH is 1. The molecule has 52 heavy (non-hydrogen) atoms. The van der Waals surface area contributed by atoms with Gasteiger partial charge in [-0.2, -0.15) is 0 Å². The molecule has 1 aromatic heterocycles. The quantitative estimate of drug-likeness (QED) is 0.131. The molecule has 0 aliphatic carbocycles. The van der Waals surface area contributed by atoms with Crippen LogP contribution in [0.4, 0.5) is 9.59 Å². The lowest BCUT2D eigenvalue weighted by Crippen LogP contribution is -2.61. The van der Waals surface area contributed by atoms with Crippen LogP contribution in [0.2, 0.25) is 0 Å². The average molecular weight is 724 g/mol. The van der Waals surface area contributed by atoms with Gasteiger partial charge in [-0.15, -0.1) is 0 Å². The van der Waals surface area contributed by atoms with E-state index in [1.165, 1.54) is 0 Å². The predicted octanol–water partition coefficient (Wildman–Crippen LogP) is 4.58. The highest BCUT2D eigenvalue weighted by Crippen LogP contribution is 2.24. The molecule has 5 amide bonds. The SMILES string of the molecule is CCC(CC)CN(C[C@H](O)[C@H](Cc1ccccc1)NC(=O)[C@H]([C@@H](C)CC)N1CCN(Cc2cccc(C)n2)C1=O)NC(=O)[C@@H](NC(=O)O)C(C)(C)C. The molecule has 1 aliphatic heterocycles. The van der Waals surface area contributed by atoms with Crippen molar-refractivity contribution in [1.82, 2.24) is 35.9 Å². The van der Waals surface area contributed by atoms with Crippen molar-refractivity contribution in [3.63, 3.8) is 0 Å². The molecule has 0 radical (unpaired) electrons. The summed E-state index contributed by atoms with van der Waals surface area (Å²) in [5, 5.41) is 28.5. The summed E-state index contributed by atoms with van der Waals surface area (Å²) in [7, 11) is 0. The van der Waals surface area contributed by atoms with E-state index in [1.54, 1.807) is 35.6 Å². The largest absolute Gasteiger partial charge is 0.465 e. The average Bonchev–Trinajstić information content (AvgIpc) is 3.43. The van der Waals surface area contributed by atoms with Gasteiger partial charge in [-0.3, -0.25) is 20.0 Å². The van der Waals surface area contributed by atoms with Crippen molar-refractivity contribution in [3.8, 4) is 0 Å². The zero-order valence-electron chi connectivity index (χ0n) is 32.3. The van der Waals surface area contributed by atoms with Gasteiger partial charge in [-0.05, 0) is 48.3 Å². The minimum Gasteiger partial charge on any atom is -0.465 e. The number of aryl methyl sites for hydroxylation is 1. The van der Waals surface area contributed by atoms with Crippen LogP contribution in [-0.2, 0) is 22.6 Å². The highest BCUT2D eigenvalue weighted by molar-refractivity contribution is 5.88. The Kier molecular flexibility index (Phi) is 15.9. The Hall–Kier alpha value is -4.23. The van der Waals surface area contributed by atoms with Gasteiger partial charge in [0.15, 0.2) is 0 Å². The molecule has 1 fully saturated rings. The monoisotopic (exact) mass is 723 g/mol. The lowest BCUT2D eigenvalue weighted by molar-refractivity contribution is -0.133. The maximum Gasteiger partial charge on any atom is 0.405 e. The molecule has 2 aromatic rings. The van der Waals surface area contributed by atoms with E-state index < -0.39 is 41.6 Å². The molecule has 0 saturated carbocycles. The number of nitrogens with zero attached hydrogens (tertiary/aromatic N) is 4. The van der Waals surface area contributed by atoms with E-state index in [9.17, 15) is 29.4 Å². The number of nitrogens with one attached hydrogen (secondary N) is 3. The molecule has 0 spiro atoms. The Bertz CT molecular complexity index is 1460. The topological polar surface area (TPSA) is 167 Å². The first-order chi connectivity index (χ1) is 24.6. The zero-order chi connectivity index (χ0) is 38.6. The maximum absolute atomic E-state index is 14.3. The van der Waals surface area contributed by atoms with Crippen molar-refractivity contribution in [2.24, 2.45) is 17.3 Å².